The molecule has 1 saturated heterocycles. The number of thioether (sulfide) groups is 1. The van der Waals surface area contributed by atoms with Crippen LogP contribution in [0.25, 0.3) is 0 Å². The molecule has 0 aliphatic carbocycles. The van der Waals surface area contributed by atoms with Gasteiger partial charge >= 0.3 is 12.2 Å². The molecule has 4 rings (SSSR count). The third-order valence-corrected chi connectivity index (χ3v) is 6.96. The molecule has 16 nitrogen and oxygen atoms in total. The van der Waals surface area contributed by atoms with Crippen molar-refractivity contribution in [3.8, 4) is 0 Å². The molecule has 2 atom stereocenters. The summed E-state index contributed by atoms with van der Waals surface area (Å²) in [6, 6.07) is 11.0. The van der Waals surface area contributed by atoms with Crippen LogP contribution in [-0.4, -0.2) is 54.0 Å². The van der Waals surface area contributed by atoms with Crippen LogP contribution < -0.4 is 5.73 Å². The van der Waals surface area contributed by atoms with E-state index >= 15 is 0 Å². The van der Waals surface area contributed by atoms with Gasteiger partial charge in [0, 0.05) is 49.4 Å². The van der Waals surface area contributed by atoms with E-state index in [1.54, 1.807) is 0 Å². The van der Waals surface area contributed by atoms with Crippen molar-refractivity contribution in [3.05, 3.63) is 91.6 Å². The number of nitrogens with two attached hydrogens (primary N) is 1. The zero-order valence-corrected chi connectivity index (χ0v) is 23.9. The standard InChI is InChI=1S/C18H20N4O6S.C8H8N2O4/c1-3-16-19-17(28-20-16)15-8-14(29-11(2)23)9-21(15)18(24)27-10-12-4-6-13(7-5-12)22(25)26;9-8(11)14-5-6-1-3-7(4-2-6)10(12)13/h4-7,14-15H,3,8-10H2,1-2H3;1-4H,5H2,(H2,9,11)/t14-,15-;/m0./s1. The Balaban J connectivity index is 0.000000303. The van der Waals surface area contributed by atoms with Gasteiger partial charge in [-0.2, -0.15) is 4.98 Å². The highest BCUT2D eigenvalue weighted by Crippen LogP contribution is 2.37. The van der Waals surface area contributed by atoms with Gasteiger partial charge in [-0.3, -0.25) is 29.9 Å². The highest BCUT2D eigenvalue weighted by atomic mass is 32.2. The second kappa shape index (κ2) is 15.2. The average molecular weight is 617 g/mol. The molecule has 0 radical (unpaired) electrons. The smallest absolute Gasteiger partial charge is 0.410 e. The lowest BCUT2D eigenvalue weighted by Gasteiger charge is -2.21. The third-order valence-electron chi connectivity index (χ3n) is 5.95. The molecule has 1 aromatic heterocycles. The zero-order valence-electron chi connectivity index (χ0n) is 23.1. The molecule has 2 amide bonds. The van der Waals surface area contributed by atoms with E-state index in [1.165, 1.54) is 72.1 Å². The number of hydrogen-bond acceptors (Lipinski definition) is 13. The Labute approximate surface area is 248 Å². The lowest BCUT2D eigenvalue weighted by Crippen LogP contribution is -2.32. The fourth-order valence-electron chi connectivity index (χ4n) is 3.91. The first kappa shape index (κ1) is 32.5. The van der Waals surface area contributed by atoms with Crippen molar-refractivity contribution in [2.24, 2.45) is 5.73 Å². The number of nitro benzene ring substituents is 2. The molecule has 0 unspecified atom stereocenters. The topological polar surface area (TPSA) is 224 Å². The van der Waals surface area contributed by atoms with Crippen LogP contribution >= 0.6 is 11.8 Å². The summed E-state index contributed by atoms with van der Waals surface area (Å²) in [6.45, 7) is 3.69. The SMILES string of the molecule is CCc1noc([C@@H]2C[C@H](SC(C)=O)CN2C(=O)OCc2ccc([N+](=O)[O-])cc2)n1.NC(=O)OCc1ccc([N+](=O)[O-])cc1. The Morgan fingerprint density at radius 2 is 1.53 bits per heavy atom. The Morgan fingerprint density at radius 1 is 1.00 bits per heavy atom. The van der Waals surface area contributed by atoms with Crippen LogP contribution in [0.5, 0.6) is 0 Å². The van der Waals surface area contributed by atoms with Crippen LogP contribution in [0.2, 0.25) is 0 Å². The van der Waals surface area contributed by atoms with Gasteiger partial charge in [0.25, 0.3) is 11.4 Å². The number of benzene rings is 2. The molecular formula is C26H28N6O10S. The normalized spacial score (nSPS) is 15.6. The van der Waals surface area contributed by atoms with E-state index in [2.05, 4.69) is 14.9 Å². The van der Waals surface area contributed by atoms with Gasteiger partial charge < -0.3 is 19.7 Å². The van der Waals surface area contributed by atoms with Gasteiger partial charge in [-0.1, -0.05) is 23.8 Å². The third kappa shape index (κ3) is 9.77. The summed E-state index contributed by atoms with van der Waals surface area (Å²) in [5.41, 5.74) is 5.98. The highest BCUT2D eigenvalue weighted by molar-refractivity contribution is 8.14. The van der Waals surface area contributed by atoms with Crippen LogP contribution in [0.3, 0.4) is 0 Å². The maximum atomic E-state index is 12.7. The van der Waals surface area contributed by atoms with Crippen LogP contribution in [0.4, 0.5) is 21.0 Å². The Morgan fingerprint density at radius 3 is 1.98 bits per heavy atom. The summed E-state index contributed by atoms with van der Waals surface area (Å²) < 4.78 is 15.2. The van der Waals surface area contributed by atoms with E-state index in [1.807, 2.05) is 6.92 Å². The predicted octanol–water partition coefficient (Wildman–Crippen LogP) is 4.46. The highest BCUT2D eigenvalue weighted by Gasteiger charge is 2.41. The van der Waals surface area contributed by atoms with Crippen LogP contribution in [0.1, 0.15) is 49.2 Å². The van der Waals surface area contributed by atoms with E-state index in [9.17, 15) is 34.6 Å². The van der Waals surface area contributed by atoms with Gasteiger partial charge in [0.05, 0.1) is 9.85 Å². The number of carbonyl (C=O) groups is 3. The second-order valence-corrected chi connectivity index (χ2v) is 10.5. The number of amides is 2. The number of carbonyl (C=O) groups excluding carboxylic acids is 3. The minimum Gasteiger partial charge on any atom is -0.445 e. The number of non-ortho nitro benzene ring substituents is 2. The minimum atomic E-state index is -0.872. The molecular weight excluding hydrogens is 588 g/mol. The number of hydrogen-bond donors (Lipinski definition) is 1. The summed E-state index contributed by atoms with van der Waals surface area (Å²) in [7, 11) is 0. The van der Waals surface area contributed by atoms with Crippen molar-refractivity contribution < 1.29 is 38.2 Å². The lowest BCUT2D eigenvalue weighted by atomic mass is 10.2. The molecule has 0 bridgehead atoms. The van der Waals surface area contributed by atoms with Gasteiger partial charge in [0.1, 0.15) is 19.3 Å². The van der Waals surface area contributed by atoms with Crippen molar-refractivity contribution in [1.82, 2.24) is 15.0 Å². The number of ether oxygens (including phenoxy) is 2. The number of aryl methyl sites for hydroxylation is 1. The Bertz CT molecular complexity index is 1450. The van der Waals surface area contributed by atoms with Crippen molar-refractivity contribution >= 4 is 40.4 Å². The molecule has 2 heterocycles. The van der Waals surface area contributed by atoms with Crippen molar-refractivity contribution in [3.63, 3.8) is 0 Å². The number of primary amides is 1. The largest absolute Gasteiger partial charge is 0.445 e. The van der Waals surface area contributed by atoms with Gasteiger partial charge in [0.2, 0.25) is 5.89 Å². The molecule has 3 aromatic rings. The average Bonchev–Trinajstić information content (AvgIpc) is 3.62. The molecule has 1 aliphatic rings. The number of rotatable bonds is 9. The van der Waals surface area contributed by atoms with E-state index in [0.717, 1.165) is 0 Å². The lowest BCUT2D eigenvalue weighted by molar-refractivity contribution is -0.385. The van der Waals surface area contributed by atoms with Gasteiger partial charge in [-0.05, 0) is 41.8 Å². The molecule has 228 valence electrons. The first-order valence-corrected chi connectivity index (χ1v) is 13.7. The fraction of sp³-hybridized carbons (Fsp3) is 0.346. The molecule has 2 aromatic carbocycles. The summed E-state index contributed by atoms with van der Waals surface area (Å²) in [5.74, 6) is 0.864. The summed E-state index contributed by atoms with van der Waals surface area (Å²) >= 11 is 1.17. The van der Waals surface area contributed by atoms with Gasteiger partial charge in [-0.15, -0.1) is 0 Å². The number of likely N-dealkylation sites (tertiary alicyclic amines) is 1. The first-order valence-electron chi connectivity index (χ1n) is 12.8. The second-order valence-electron chi connectivity index (χ2n) is 9.05. The van der Waals surface area contributed by atoms with Gasteiger partial charge in [0.15, 0.2) is 10.9 Å². The number of nitrogens with zero attached hydrogens (tertiary/aromatic N) is 5. The van der Waals surface area contributed by atoms with E-state index in [0.29, 0.717) is 42.2 Å². The molecule has 43 heavy (non-hydrogen) atoms. The molecule has 2 N–H and O–H groups in total. The summed E-state index contributed by atoms with van der Waals surface area (Å²) in [6.07, 6.45) is -0.339. The summed E-state index contributed by atoms with van der Waals surface area (Å²) in [4.78, 5) is 60.2. The minimum absolute atomic E-state index is 0.00664. The molecule has 17 heteroatoms. The molecule has 1 fully saturated rings. The summed E-state index contributed by atoms with van der Waals surface area (Å²) in [5, 5.41) is 24.8. The van der Waals surface area contributed by atoms with E-state index in [4.69, 9.17) is 15.0 Å². The molecule has 1 aliphatic heterocycles. The predicted molar refractivity (Wildman–Crippen MR) is 151 cm³/mol. The maximum Gasteiger partial charge on any atom is 0.410 e. The maximum absolute atomic E-state index is 12.7. The van der Waals surface area contributed by atoms with Crippen molar-refractivity contribution in [2.75, 3.05) is 6.54 Å². The zero-order chi connectivity index (χ0) is 31.5. The first-order chi connectivity index (χ1) is 20.5. The van der Waals surface area contributed by atoms with Crippen molar-refractivity contribution in [2.45, 2.75) is 51.2 Å². The Hall–Kier alpha value is -5.06. The van der Waals surface area contributed by atoms with Crippen LogP contribution in [0, 0.1) is 20.2 Å². The van der Waals surface area contributed by atoms with Crippen molar-refractivity contribution in [1.29, 1.82) is 0 Å². The number of nitro groups is 2. The van der Waals surface area contributed by atoms with Gasteiger partial charge in [-0.25, -0.2) is 9.59 Å². The van der Waals surface area contributed by atoms with E-state index < -0.39 is 28.1 Å². The number of aromatic nitrogens is 2. The molecule has 0 saturated carbocycles. The monoisotopic (exact) mass is 616 g/mol. The van der Waals surface area contributed by atoms with E-state index in [-0.39, 0.29) is 35.0 Å². The molecule has 0 spiro atoms. The van der Waals surface area contributed by atoms with Crippen LogP contribution in [-0.2, 0) is 33.9 Å². The fourth-order valence-corrected chi connectivity index (χ4v) is 4.89. The van der Waals surface area contributed by atoms with Crippen LogP contribution in [0.15, 0.2) is 53.1 Å². The quantitative estimate of drug-likeness (QED) is 0.259. The Kier molecular flexibility index (Phi) is 11.5.